The van der Waals surface area contributed by atoms with E-state index in [2.05, 4.69) is 11.6 Å². The Kier molecular flexibility index (Phi) is 3.74. The van der Waals surface area contributed by atoms with E-state index >= 15 is 0 Å². The summed E-state index contributed by atoms with van der Waals surface area (Å²) in [5.41, 5.74) is -0.355. The normalized spacial score (nSPS) is 27.7. The van der Waals surface area contributed by atoms with Crippen LogP contribution in [0.25, 0.3) is 0 Å². The second kappa shape index (κ2) is 4.98. The Bertz CT molecular complexity index is 591. The highest BCUT2D eigenvalue weighted by Gasteiger charge is 2.37. The van der Waals surface area contributed by atoms with E-state index in [0.29, 0.717) is 15.6 Å². The Morgan fingerprint density at radius 1 is 1.56 bits per heavy atom. The monoisotopic (exact) mass is 364 g/mol. The van der Waals surface area contributed by atoms with E-state index in [1.165, 1.54) is 10.8 Å². The first kappa shape index (κ1) is 13.5. The van der Waals surface area contributed by atoms with Gasteiger partial charge >= 0.3 is 5.69 Å². The molecule has 18 heavy (non-hydrogen) atoms. The first-order chi connectivity index (χ1) is 8.45. The average Bonchev–Trinajstić information content (AvgIpc) is 2.59. The molecule has 0 unspecified atom stereocenters. The molecule has 1 aliphatic rings. The van der Waals surface area contributed by atoms with Gasteiger partial charge in [0.05, 0.1) is 22.3 Å². The zero-order chi connectivity index (χ0) is 13.4. The van der Waals surface area contributed by atoms with Crippen molar-refractivity contribution in [1.29, 1.82) is 0 Å². The summed E-state index contributed by atoms with van der Waals surface area (Å²) in [7, 11) is 0. The topological polar surface area (TPSA) is 95.3 Å². The Morgan fingerprint density at radius 3 is 2.78 bits per heavy atom. The molecule has 1 aromatic heterocycles. The van der Waals surface area contributed by atoms with Crippen LogP contribution >= 0.6 is 22.6 Å². The first-order valence-electron chi connectivity index (χ1n) is 5.44. The van der Waals surface area contributed by atoms with Crippen LogP contribution in [-0.4, -0.2) is 32.5 Å². The maximum atomic E-state index is 11.7. The summed E-state index contributed by atoms with van der Waals surface area (Å²) in [6, 6.07) is -0.394. The van der Waals surface area contributed by atoms with Crippen LogP contribution < -0.4 is 11.2 Å². The minimum absolute atomic E-state index is 0.203. The lowest BCUT2D eigenvalue weighted by Crippen LogP contribution is -2.33. The number of nitrogens with one attached hydrogen (secondary N) is 1. The molecular weight excluding hydrogens is 351 g/mol. The second-order valence-corrected chi connectivity index (χ2v) is 5.49. The summed E-state index contributed by atoms with van der Waals surface area (Å²) >= 11 is 1.83. The molecule has 2 rings (SSSR count). The van der Waals surface area contributed by atoms with Gasteiger partial charge in [0.25, 0.3) is 5.56 Å². The van der Waals surface area contributed by atoms with E-state index in [-0.39, 0.29) is 6.61 Å². The maximum absolute atomic E-state index is 11.7. The minimum atomic E-state index is -0.719. The Hall–Kier alpha value is -0.930. The average molecular weight is 364 g/mol. The molecule has 1 fully saturated rings. The fourth-order valence-electron chi connectivity index (χ4n) is 2.26. The molecule has 0 saturated heterocycles. The van der Waals surface area contributed by atoms with Gasteiger partial charge in [0, 0.05) is 12.1 Å². The number of halogens is 1. The molecular formula is C11H13IN2O4. The number of aliphatic hydroxyl groups excluding tert-OH is 2. The minimum Gasteiger partial charge on any atom is -0.396 e. The molecule has 1 heterocycles. The number of aliphatic hydroxyl groups is 2. The fourth-order valence-corrected chi connectivity index (χ4v) is 2.70. The van der Waals surface area contributed by atoms with E-state index in [4.69, 9.17) is 0 Å². The summed E-state index contributed by atoms with van der Waals surface area (Å²) < 4.78 is 1.74. The molecule has 98 valence electrons. The van der Waals surface area contributed by atoms with Crippen molar-refractivity contribution in [3.63, 3.8) is 0 Å². The maximum Gasteiger partial charge on any atom is 0.328 e. The quantitative estimate of drug-likeness (QED) is 0.492. The van der Waals surface area contributed by atoms with Crippen molar-refractivity contribution < 1.29 is 10.2 Å². The Morgan fingerprint density at radius 2 is 2.22 bits per heavy atom. The van der Waals surface area contributed by atoms with Gasteiger partial charge in [-0.15, -0.1) is 0 Å². The number of hydrogen-bond donors (Lipinski definition) is 3. The summed E-state index contributed by atoms with van der Waals surface area (Å²) in [5, 5.41) is 19.0. The predicted octanol–water partition coefficient (Wildman–Crippen LogP) is -0.388. The standard InChI is InChI=1S/C11H13IN2O4/c1-5-6(4-15)9(16)2-8(5)14-3-7(12)10(17)13-11(14)18/h3,6,8-9,15-16H,1-2,4H2,(H,13,17,18)/t6-,8-,9-/m1/s1. The van der Waals surface area contributed by atoms with Gasteiger partial charge in [0.1, 0.15) is 0 Å². The van der Waals surface area contributed by atoms with Crippen LogP contribution in [0.2, 0.25) is 0 Å². The van der Waals surface area contributed by atoms with Gasteiger partial charge in [0.15, 0.2) is 0 Å². The van der Waals surface area contributed by atoms with Gasteiger partial charge in [0.2, 0.25) is 0 Å². The van der Waals surface area contributed by atoms with Crippen molar-refractivity contribution in [3.8, 4) is 0 Å². The smallest absolute Gasteiger partial charge is 0.328 e. The molecule has 1 saturated carbocycles. The highest BCUT2D eigenvalue weighted by Crippen LogP contribution is 2.37. The number of aromatic nitrogens is 2. The van der Waals surface area contributed by atoms with Gasteiger partial charge in [-0.2, -0.15) is 0 Å². The SMILES string of the molecule is C=C1[C@@H](CO)[C@H](O)C[C@H]1n1cc(I)c(=O)[nH]c1=O. The van der Waals surface area contributed by atoms with Gasteiger partial charge < -0.3 is 10.2 Å². The van der Waals surface area contributed by atoms with Crippen molar-refractivity contribution in [2.75, 3.05) is 6.61 Å². The van der Waals surface area contributed by atoms with Crippen LogP contribution in [0.5, 0.6) is 0 Å². The number of nitrogens with zero attached hydrogens (tertiary/aromatic N) is 1. The predicted molar refractivity (Wildman–Crippen MR) is 73.4 cm³/mol. The molecule has 1 aromatic rings. The third-order valence-electron chi connectivity index (χ3n) is 3.29. The zero-order valence-corrected chi connectivity index (χ0v) is 11.6. The largest absolute Gasteiger partial charge is 0.396 e. The summed E-state index contributed by atoms with van der Waals surface area (Å²) in [6.07, 6.45) is 1.04. The van der Waals surface area contributed by atoms with Crippen molar-refractivity contribution in [1.82, 2.24) is 9.55 Å². The zero-order valence-electron chi connectivity index (χ0n) is 9.47. The van der Waals surface area contributed by atoms with Gasteiger partial charge in [-0.05, 0) is 34.6 Å². The summed E-state index contributed by atoms with van der Waals surface area (Å²) in [6.45, 7) is 3.63. The fraction of sp³-hybridized carbons (Fsp3) is 0.455. The van der Waals surface area contributed by atoms with Crippen molar-refractivity contribution in [2.24, 2.45) is 5.92 Å². The van der Waals surface area contributed by atoms with Crippen LogP contribution in [0.3, 0.4) is 0 Å². The number of rotatable bonds is 2. The lowest BCUT2D eigenvalue weighted by Gasteiger charge is -2.16. The Labute approximate surface area is 116 Å². The van der Waals surface area contributed by atoms with Gasteiger partial charge in [-0.25, -0.2) is 4.79 Å². The van der Waals surface area contributed by atoms with Crippen LogP contribution in [0, 0.1) is 9.49 Å². The Balaban J connectivity index is 2.45. The van der Waals surface area contributed by atoms with E-state index in [0.717, 1.165) is 0 Å². The number of hydrogen-bond acceptors (Lipinski definition) is 4. The molecule has 6 nitrogen and oxygen atoms in total. The van der Waals surface area contributed by atoms with Crippen molar-refractivity contribution in [2.45, 2.75) is 18.6 Å². The molecule has 0 amide bonds. The van der Waals surface area contributed by atoms with E-state index in [9.17, 15) is 19.8 Å². The first-order valence-corrected chi connectivity index (χ1v) is 6.52. The van der Waals surface area contributed by atoms with E-state index in [1.807, 2.05) is 22.6 Å². The molecule has 3 N–H and O–H groups in total. The highest BCUT2D eigenvalue weighted by atomic mass is 127. The summed E-state index contributed by atoms with van der Waals surface area (Å²) in [5.74, 6) is -0.425. The molecule has 7 heteroatoms. The highest BCUT2D eigenvalue weighted by molar-refractivity contribution is 14.1. The van der Waals surface area contributed by atoms with Crippen molar-refractivity contribution in [3.05, 3.63) is 42.8 Å². The number of aromatic amines is 1. The molecule has 0 spiro atoms. The molecule has 0 bridgehead atoms. The van der Waals surface area contributed by atoms with E-state index in [1.54, 1.807) is 0 Å². The summed E-state index contributed by atoms with van der Waals surface area (Å²) in [4.78, 5) is 25.2. The van der Waals surface area contributed by atoms with Gasteiger partial charge in [-0.1, -0.05) is 6.58 Å². The lowest BCUT2D eigenvalue weighted by molar-refractivity contribution is 0.101. The number of H-pyrrole nitrogens is 1. The van der Waals surface area contributed by atoms with E-state index < -0.39 is 29.3 Å². The third-order valence-corrected chi connectivity index (χ3v) is 4.06. The van der Waals surface area contributed by atoms with Crippen LogP contribution in [-0.2, 0) is 0 Å². The molecule has 1 aliphatic carbocycles. The van der Waals surface area contributed by atoms with Crippen LogP contribution in [0.1, 0.15) is 12.5 Å². The van der Waals surface area contributed by atoms with Gasteiger partial charge in [-0.3, -0.25) is 14.3 Å². The molecule has 0 radical (unpaired) electrons. The molecule has 0 aliphatic heterocycles. The second-order valence-electron chi connectivity index (χ2n) is 4.33. The van der Waals surface area contributed by atoms with Crippen LogP contribution in [0.15, 0.2) is 27.9 Å². The lowest BCUT2D eigenvalue weighted by atomic mass is 10.0. The third kappa shape index (κ3) is 2.17. The van der Waals surface area contributed by atoms with Crippen LogP contribution in [0.4, 0.5) is 0 Å². The molecule has 3 atom stereocenters. The van der Waals surface area contributed by atoms with Crippen molar-refractivity contribution >= 4 is 22.6 Å². The molecule has 0 aromatic carbocycles.